The maximum Gasteiger partial charge on any atom is 0.167 e. The third kappa shape index (κ3) is 3.07. The molecule has 2 rings (SSSR count). The average molecular weight is 251 g/mol. The largest absolute Gasteiger partial charge is 0.496 e. The monoisotopic (exact) mass is 251 g/mol. The van der Waals surface area contributed by atoms with Gasteiger partial charge in [-0.15, -0.1) is 0 Å². The van der Waals surface area contributed by atoms with Crippen molar-refractivity contribution in [2.45, 2.75) is 19.3 Å². The molecule has 1 fully saturated rings. The van der Waals surface area contributed by atoms with Crippen molar-refractivity contribution in [2.75, 3.05) is 26.7 Å². The van der Waals surface area contributed by atoms with Crippen molar-refractivity contribution in [3.63, 3.8) is 0 Å². The van der Waals surface area contributed by atoms with Crippen molar-refractivity contribution in [3.05, 3.63) is 29.6 Å². The van der Waals surface area contributed by atoms with Gasteiger partial charge in [-0.25, -0.2) is 4.39 Å². The molecule has 0 aliphatic carbocycles. The summed E-state index contributed by atoms with van der Waals surface area (Å²) in [5.74, 6) is -0.0126. The van der Waals surface area contributed by atoms with Crippen molar-refractivity contribution >= 4 is 5.78 Å². The second kappa shape index (κ2) is 5.96. The average Bonchev–Trinajstić information content (AvgIpc) is 2.89. The summed E-state index contributed by atoms with van der Waals surface area (Å²) < 4.78 is 18.3. The van der Waals surface area contributed by atoms with Gasteiger partial charge in [0.15, 0.2) is 5.78 Å². The zero-order chi connectivity index (χ0) is 13.0. The van der Waals surface area contributed by atoms with Crippen LogP contribution < -0.4 is 4.74 Å². The number of Topliss-reactive ketones (excluding diaryl/α,β-unsaturated/α-hetero) is 1. The zero-order valence-electron chi connectivity index (χ0n) is 10.6. The molecule has 0 spiro atoms. The number of ketones is 1. The van der Waals surface area contributed by atoms with Crippen molar-refractivity contribution in [1.82, 2.24) is 4.90 Å². The molecule has 4 heteroatoms. The maximum absolute atomic E-state index is 13.2. The molecule has 0 N–H and O–H groups in total. The summed E-state index contributed by atoms with van der Waals surface area (Å²) in [6, 6.07) is 4.06. The van der Waals surface area contributed by atoms with E-state index in [0.29, 0.717) is 17.7 Å². The highest BCUT2D eigenvalue weighted by Gasteiger charge is 2.16. The number of carbonyl (C=O) groups excluding carboxylic acids is 1. The number of methoxy groups -OCH3 is 1. The van der Waals surface area contributed by atoms with Gasteiger partial charge in [0.25, 0.3) is 0 Å². The summed E-state index contributed by atoms with van der Waals surface area (Å²) in [7, 11) is 1.49. The molecule has 0 radical (unpaired) electrons. The van der Waals surface area contributed by atoms with Crippen molar-refractivity contribution in [2.24, 2.45) is 0 Å². The van der Waals surface area contributed by atoms with Crippen LogP contribution in [0.3, 0.4) is 0 Å². The molecular weight excluding hydrogens is 233 g/mol. The Kier molecular flexibility index (Phi) is 4.31. The van der Waals surface area contributed by atoms with Crippen LogP contribution in [0, 0.1) is 5.82 Å². The topological polar surface area (TPSA) is 29.5 Å². The summed E-state index contributed by atoms with van der Waals surface area (Å²) in [5.41, 5.74) is 0.344. The lowest BCUT2D eigenvalue weighted by atomic mass is 10.1. The fourth-order valence-corrected chi connectivity index (χ4v) is 2.30. The van der Waals surface area contributed by atoms with Gasteiger partial charge < -0.3 is 9.64 Å². The number of carbonyl (C=O) groups is 1. The lowest BCUT2D eigenvalue weighted by Crippen LogP contribution is -2.22. The summed E-state index contributed by atoms with van der Waals surface area (Å²) >= 11 is 0. The summed E-state index contributed by atoms with van der Waals surface area (Å²) in [6.07, 6.45) is 2.83. The zero-order valence-corrected chi connectivity index (χ0v) is 10.6. The minimum absolute atomic E-state index is 0.0572. The van der Waals surface area contributed by atoms with Crippen LogP contribution in [0.4, 0.5) is 4.39 Å². The minimum Gasteiger partial charge on any atom is -0.496 e. The highest BCUT2D eigenvalue weighted by atomic mass is 19.1. The Hall–Kier alpha value is -1.42. The molecule has 0 saturated carbocycles. The normalized spacial score (nSPS) is 15.9. The molecule has 0 aromatic heterocycles. The van der Waals surface area contributed by atoms with Gasteiger partial charge in [-0.3, -0.25) is 4.79 Å². The predicted molar refractivity (Wildman–Crippen MR) is 67.6 cm³/mol. The van der Waals surface area contributed by atoms with Crippen LogP contribution in [0.5, 0.6) is 5.75 Å². The molecule has 98 valence electrons. The number of ether oxygens (including phenoxy) is 1. The summed E-state index contributed by atoms with van der Waals surface area (Å²) in [5, 5.41) is 0. The second-order valence-electron chi connectivity index (χ2n) is 4.57. The van der Waals surface area contributed by atoms with Gasteiger partial charge in [0.2, 0.25) is 0 Å². The minimum atomic E-state index is -0.402. The molecule has 1 aliphatic heterocycles. The van der Waals surface area contributed by atoms with Crippen LogP contribution in [0.2, 0.25) is 0 Å². The lowest BCUT2D eigenvalue weighted by molar-refractivity contribution is 0.0965. The van der Waals surface area contributed by atoms with E-state index in [1.165, 1.54) is 38.2 Å². The van der Waals surface area contributed by atoms with Crippen molar-refractivity contribution in [3.8, 4) is 5.75 Å². The molecule has 0 atom stereocenters. The molecule has 1 aromatic carbocycles. The molecule has 3 nitrogen and oxygen atoms in total. The number of benzene rings is 1. The number of hydrogen-bond acceptors (Lipinski definition) is 3. The van der Waals surface area contributed by atoms with E-state index in [2.05, 4.69) is 4.90 Å². The van der Waals surface area contributed by atoms with Gasteiger partial charge in [-0.05, 0) is 44.1 Å². The molecule has 0 amide bonds. The first-order chi connectivity index (χ1) is 8.70. The van der Waals surface area contributed by atoms with Crippen LogP contribution in [0.25, 0.3) is 0 Å². The summed E-state index contributed by atoms with van der Waals surface area (Å²) in [4.78, 5) is 14.3. The van der Waals surface area contributed by atoms with E-state index in [1.54, 1.807) is 0 Å². The van der Waals surface area contributed by atoms with Crippen LogP contribution >= 0.6 is 0 Å². The van der Waals surface area contributed by atoms with E-state index in [9.17, 15) is 9.18 Å². The smallest absolute Gasteiger partial charge is 0.167 e. The van der Waals surface area contributed by atoms with E-state index < -0.39 is 5.82 Å². The van der Waals surface area contributed by atoms with Gasteiger partial charge >= 0.3 is 0 Å². The third-order valence-electron chi connectivity index (χ3n) is 3.32. The SMILES string of the molecule is COc1ccc(F)cc1C(=O)CCN1CCCC1. The fourth-order valence-electron chi connectivity index (χ4n) is 2.30. The summed E-state index contributed by atoms with van der Waals surface area (Å²) in [6.45, 7) is 2.87. The Morgan fingerprint density at radius 2 is 2.11 bits per heavy atom. The van der Waals surface area contributed by atoms with Crippen LogP contribution in [-0.2, 0) is 0 Å². The molecule has 1 heterocycles. The van der Waals surface area contributed by atoms with Crippen LogP contribution in [-0.4, -0.2) is 37.4 Å². The van der Waals surface area contributed by atoms with E-state index in [1.807, 2.05) is 0 Å². The standard InChI is InChI=1S/C14H18FNO2/c1-18-14-5-4-11(15)10-12(14)13(17)6-9-16-7-2-3-8-16/h4-5,10H,2-3,6-9H2,1H3. The van der Waals surface area contributed by atoms with Gasteiger partial charge in [-0.2, -0.15) is 0 Å². The highest BCUT2D eigenvalue weighted by molar-refractivity contribution is 5.98. The van der Waals surface area contributed by atoms with Gasteiger partial charge in [0.05, 0.1) is 12.7 Å². The molecular formula is C14H18FNO2. The first-order valence-corrected chi connectivity index (χ1v) is 6.30. The Bertz CT molecular complexity index is 428. The van der Waals surface area contributed by atoms with E-state index >= 15 is 0 Å². The van der Waals surface area contributed by atoms with Crippen LogP contribution in [0.15, 0.2) is 18.2 Å². The molecule has 1 saturated heterocycles. The van der Waals surface area contributed by atoms with Crippen LogP contribution in [0.1, 0.15) is 29.6 Å². The molecule has 1 aromatic rings. The Morgan fingerprint density at radius 3 is 2.78 bits per heavy atom. The Morgan fingerprint density at radius 1 is 1.39 bits per heavy atom. The number of hydrogen-bond donors (Lipinski definition) is 0. The van der Waals surface area contributed by atoms with Gasteiger partial charge in [-0.1, -0.05) is 0 Å². The van der Waals surface area contributed by atoms with E-state index in [-0.39, 0.29) is 5.78 Å². The first-order valence-electron chi connectivity index (χ1n) is 6.30. The maximum atomic E-state index is 13.2. The van der Waals surface area contributed by atoms with E-state index in [0.717, 1.165) is 19.6 Å². The Balaban J connectivity index is 2.00. The molecule has 0 unspecified atom stereocenters. The number of likely N-dealkylation sites (tertiary alicyclic amines) is 1. The van der Waals surface area contributed by atoms with Gasteiger partial charge in [0.1, 0.15) is 11.6 Å². The third-order valence-corrected chi connectivity index (χ3v) is 3.32. The lowest BCUT2D eigenvalue weighted by Gasteiger charge is -2.14. The van der Waals surface area contributed by atoms with Gasteiger partial charge in [0, 0.05) is 13.0 Å². The van der Waals surface area contributed by atoms with E-state index in [4.69, 9.17) is 4.74 Å². The molecule has 18 heavy (non-hydrogen) atoms. The number of rotatable bonds is 5. The van der Waals surface area contributed by atoms with Crippen molar-refractivity contribution < 1.29 is 13.9 Å². The molecule has 1 aliphatic rings. The molecule has 0 bridgehead atoms. The number of nitrogens with zero attached hydrogens (tertiary/aromatic N) is 1. The highest BCUT2D eigenvalue weighted by Crippen LogP contribution is 2.21. The quantitative estimate of drug-likeness (QED) is 0.753. The first kappa shape index (κ1) is 13.0. The second-order valence-corrected chi connectivity index (χ2v) is 4.57. The number of halogens is 1. The fraction of sp³-hybridized carbons (Fsp3) is 0.500. The van der Waals surface area contributed by atoms with Crippen molar-refractivity contribution in [1.29, 1.82) is 0 Å². The predicted octanol–water partition coefficient (Wildman–Crippen LogP) is 2.50. The Labute approximate surface area is 107 Å².